The highest BCUT2D eigenvalue weighted by atomic mass is 79.9. The fourth-order valence-electron chi connectivity index (χ4n) is 1.85. The molecule has 0 radical (unpaired) electrons. The molecule has 0 saturated carbocycles. The number of thiol groups is 1. The van der Waals surface area contributed by atoms with Crippen LogP contribution < -0.4 is 4.90 Å². The van der Waals surface area contributed by atoms with E-state index in [2.05, 4.69) is 28.6 Å². The Hall–Kier alpha value is -0.720. The van der Waals surface area contributed by atoms with Crippen LogP contribution in [0.1, 0.15) is 16.8 Å². The number of aromatic carboxylic acids is 1. The number of carbonyl (C=O) groups is 2. The predicted octanol–water partition coefficient (Wildman–Crippen LogP) is 2.84. The zero-order valence-electron chi connectivity index (χ0n) is 9.06. The van der Waals surface area contributed by atoms with Crippen LogP contribution in [0.25, 0.3) is 0 Å². The predicted molar refractivity (Wildman–Crippen MR) is 75.9 cm³/mol. The Labute approximate surface area is 122 Å². The molecule has 0 aliphatic carbocycles. The third-order valence-electron chi connectivity index (χ3n) is 2.66. The Morgan fingerprint density at radius 3 is 2.72 bits per heavy atom. The van der Waals surface area contributed by atoms with Gasteiger partial charge in [0.1, 0.15) is 0 Å². The molecule has 1 aliphatic rings. The van der Waals surface area contributed by atoms with Crippen LogP contribution in [-0.2, 0) is 4.79 Å². The molecule has 1 fully saturated rings. The molecule has 2 rings (SSSR count). The highest BCUT2D eigenvalue weighted by molar-refractivity contribution is 9.10. The summed E-state index contributed by atoms with van der Waals surface area (Å²) in [6, 6.07) is 2.89. The van der Waals surface area contributed by atoms with Crippen LogP contribution in [-0.4, -0.2) is 28.8 Å². The summed E-state index contributed by atoms with van der Waals surface area (Å²) in [5, 5.41) is 9.46. The maximum absolute atomic E-state index is 11.8. The average molecular weight is 351 g/mol. The maximum Gasteiger partial charge on any atom is 0.337 e. The standard InChI is InChI=1S/C11H9BrClNO3S/c12-7-2-6(11(16)17)9(3-8(7)13)14-4-5(18)1-10(14)15/h2-3,5,18H,1,4H2,(H,16,17). The molecule has 1 atom stereocenters. The van der Waals surface area contributed by atoms with Gasteiger partial charge in [-0.15, -0.1) is 0 Å². The molecule has 1 heterocycles. The second-order valence-corrected chi connectivity index (χ2v) is 5.94. The van der Waals surface area contributed by atoms with Crippen LogP contribution >= 0.6 is 40.2 Å². The topological polar surface area (TPSA) is 57.6 Å². The zero-order valence-corrected chi connectivity index (χ0v) is 12.3. The molecule has 96 valence electrons. The number of anilines is 1. The second-order valence-electron chi connectivity index (χ2n) is 3.95. The van der Waals surface area contributed by atoms with Crippen molar-refractivity contribution in [2.24, 2.45) is 0 Å². The third-order valence-corrected chi connectivity index (χ3v) is 4.21. The van der Waals surface area contributed by atoms with Crippen molar-refractivity contribution in [3.05, 3.63) is 27.2 Å². The summed E-state index contributed by atoms with van der Waals surface area (Å²) in [5.74, 6) is -1.24. The molecule has 1 aromatic carbocycles. The van der Waals surface area contributed by atoms with Crippen molar-refractivity contribution in [1.82, 2.24) is 0 Å². The van der Waals surface area contributed by atoms with E-state index in [-0.39, 0.29) is 16.7 Å². The minimum Gasteiger partial charge on any atom is -0.478 e. The molecule has 4 nitrogen and oxygen atoms in total. The van der Waals surface area contributed by atoms with Crippen LogP contribution in [0.3, 0.4) is 0 Å². The normalized spacial score (nSPS) is 19.4. The quantitative estimate of drug-likeness (QED) is 0.806. The summed E-state index contributed by atoms with van der Waals surface area (Å²) in [6.45, 7) is 0.389. The van der Waals surface area contributed by atoms with Crippen molar-refractivity contribution in [3.8, 4) is 0 Å². The molecule has 1 saturated heterocycles. The summed E-state index contributed by atoms with van der Waals surface area (Å²) in [7, 11) is 0. The lowest BCUT2D eigenvalue weighted by Crippen LogP contribution is -2.26. The highest BCUT2D eigenvalue weighted by Gasteiger charge is 2.31. The highest BCUT2D eigenvalue weighted by Crippen LogP contribution is 2.34. The largest absolute Gasteiger partial charge is 0.478 e. The van der Waals surface area contributed by atoms with Gasteiger partial charge in [-0.2, -0.15) is 12.6 Å². The summed E-state index contributed by atoms with van der Waals surface area (Å²) >= 11 is 13.4. The first-order valence-corrected chi connectivity index (χ1v) is 6.79. The van der Waals surface area contributed by atoms with Gasteiger partial charge in [0.2, 0.25) is 5.91 Å². The molecule has 0 spiro atoms. The molecule has 18 heavy (non-hydrogen) atoms. The Morgan fingerprint density at radius 2 is 2.22 bits per heavy atom. The number of carboxylic acids is 1. The molecule has 0 aromatic heterocycles. The molecular weight excluding hydrogens is 342 g/mol. The van der Waals surface area contributed by atoms with Gasteiger partial charge in [-0.25, -0.2) is 4.79 Å². The number of nitrogens with zero attached hydrogens (tertiary/aromatic N) is 1. The van der Waals surface area contributed by atoms with Crippen molar-refractivity contribution in [2.75, 3.05) is 11.4 Å². The van der Waals surface area contributed by atoms with E-state index in [0.29, 0.717) is 28.1 Å². The van der Waals surface area contributed by atoms with Gasteiger partial charge in [0, 0.05) is 22.7 Å². The van der Waals surface area contributed by atoms with Crippen molar-refractivity contribution in [1.29, 1.82) is 0 Å². The van der Waals surface area contributed by atoms with E-state index in [1.165, 1.54) is 17.0 Å². The van der Waals surface area contributed by atoms with E-state index >= 15 is 0 Å². The Morgan fingerprint density at radius 1 is 1.56 bits per heavy atom. The summed E-state index contributed by atoms with van der Waals surface area (Å²) in [6.07, 6.45) is 0.301. The van der Waals surface area contributed by atoms with Gasteiger partial charge >= 0.3 is 5.97 Å². The van der Waals surface area contributed by atoms with E-state index in [1.54, 1.807) is 0 Å². The first-order valence-electron chi connectivity index (χ1n) is 5.11. The fraction of sp³-hybridized carbons (Fsp3) is 0.273. The number of hydrogen-bond donors (Lipinski definition) is 2. The van der Waals surface area contributed by atoms with Crippen LogP contribution in [0, 0.1) is 0 Å². The van der Waals surface area contributed by atoms with Crippen LogP contribution in [0.2, 0.25) is 5.02 Å². The fourth-order valence-corrected chi connectivity index (χ4v) is 2.67. The molecule has 1 amide bonds. The molecule has 0 bridgehead atoms. The lowest BCUT2D eigenvalue weighted by molar-refractivity contribution is -0.117. The lowest BCUT2D eigenvalue weighted by Gasteiger charge is -2.19. The van der Waals surface area contributed by atoms with Crippen molar-refractivity contribution >= 4 is 57.7 Å². The average Bonchev–Trinajstić information content (AvgIpc) is 2.61. The van der Waals surface area contributed by atoms with Crippen molar-refractivity contribution in [2.45, 2.75) is 11.7 Å². The number of benzene rings is 1. The Kier molecular flexibility index (Phi) is 3.89. The minimum atomic E-state index is -1.10. The zero-order chi connectivity index (χ0) is 13.4. The van der Waals surface area contributed by atoms with Gasteiger partial charge in [-0.05, 0) is 28.1 Å². The molecule has 1 N–H and O–H groups in total. The molecular formula is C11H9BrClNO3S. The SMILES string of the molecule is O=C(O)c1cc(Br)c(Cl)cc1N1CC(S)CC1=O. The molecule has 1 unspecified atom stereocenters. The van der Waals surface area contributed by atoms with Gasteiger partial charge in [-0.1, -0.05) is 11.6 Å². The molecule has 1 aromatic rings. The monoisotopic (exact) mass is 349 g/mol. The number of carbonyl (C=O) groups excluding carboxylic acids is 1. The Balaban J connectivity index is 2.52. The van der Waals surface area contributed by atoms with Gasteiger partial charge in [-0.3, -0.25) is 4.79 Å². The third kappa shape index (κ3) is 2.50. The van der Waals surface area contributed by atoms with Crippen LogP contribution in [0.5, 0.6) is 0 Å². The number of carboxylic acid groups (broad SMARTS) is 1. The Bertz CT molecular complexity index is 537. The van der Waals surface area contributed by atoms with Crippen LogP contribution in [0.4, 0.5) is 5.69 Å². The van der Waals surface area contributed by atoms with Gasteiger partial charge < -0.3 is 10.0 Å². The number of halogens is 2. The van der Waals surface area contributed by atoms with Crippen LogP contribution in [0.15, 0.2) is 16.6 Å². The molecule has 1 aliphatic heterocycles. The van der Waals surface area contributed by atoms with Gasteiger partial charge in [0.05, 0.1) is 16.3 Å². The minimum absolute atomic E-state index is 0.0436. The molecule has 7 heteroatoms. The lowest BCUT2D eigenvalue weighted by atomic mass is 10.1. The first kappa shape index (κ1) is 13.7. The van der Waals surface area contributed by atoms with E-state index in [0.717, 1.165) is 0 Å². The first-order chi connectivity index (χ1) is 8.40. The number of hydrogen-bond acceptors (Lipinski definition) is 3. The van der Waals surface area contributed by atoms with Crippen molar-refractivity contribution < 1.29 is 14.7 Å². The van der Waals surface area contributed by atoms with Gasteiger partial charge in [0.25, 0.3) is 0 Å². The van der Waals surface area contributed by atoms with E-state index < -0.39 is 5.97 Å². The number of amides is 1. The summed E-state index contributed by atoms with van der Waals surface area (Å²) < 4.78 is 0.486. The van der Waals surface area contributed by atoms with E-state index in [9.17, 15) is 14.7 Å². The summed E-state index contributed by atoms with van der Waals surface area (Å²) in [4.78, 5) is 24.4. The van der Waals surface area contributed by atoms with Crippen molar-refractivity contribution in [3.63, 3.8) is 0 Å². The van der Waals surface area contributed by atoms with Gasteiger partial charge in [0.15, 0.2) is 0 Å². The summed E-state index contributed by atoms with van der Waals surface area (Å²) in [5.41, 5.74) is 0.360. The smallest absolute Gasteiger partial charge is 0.337 e. The maximum atomic E-state index is 11.8. The second kappa shape index (κ2) is 5.11. The number of rotatable bonds is 2. The van der Waals surface area contributed by atoms with E-state index in [1.807, 2.05) is 0 Å². The van der Waals surface area contributed by atoms with E-state index in [4.69, 9.17) is 11.6 Å².